The minimum absolute atomic E-state index is 1.02. The second-order valence-electron chi connectivity index (χ2n) is 5.72. The molecule has 5 rings (SSSR count). The molecule has 0 saturated carbocycles. The lowest BCUT2D eigenvalue weighted by molar-refractivity contribution is 1.19. The fourth-order valence-corrected chi connectivity index (χ4v) is 3.46. The van der Waals surface area contributed by atoms with Gasteiger partial charge < -0.3 is 4.57 Å². The van der Waals surface area contributed by atoms with Crippen LogP contribution in [0.1, 0.15) is 13.8 Å². The molecular weight excluding hydrogens is 304 g/mol. The third-order valence-corrected chi connectivity index (χ3v) is 4.44. The molecule has 0 atom stereocenters. The van der Waals surface area contributed by atoms with Crippen molar-refractivity contribution in [3.05, 3.63) is 85.1 Å². The lowest BCUT2D eigenvalue weighted by Gasteiger charge is -2.10. The maximum Gasteiger partial charge on any atom is 0.0723 e. The highest BCUT2D eigenvalue weighted by atomic mass is 15.0. The van der Waals surface area contributed by atoms with Crippen molar-refractivity contribution in [1.82, 2.24) is 9.55 Å². The first kappa shape index (κ1) is 15.4. The minimum atomic E-state index is 1.02. The SMILES string of the molecule is CC.c1cc(-n2c3ccccc3c3ccccc32)c2cccnc2c1. The number of benzene rings is 3. The van der Waals surface area contributed by atoms with Gasteiger partial charge >= 0.3 is 0 Å². The average molecular weight is 324 g/mol. The monoisotopic (exact) mass is 324 g/mol. The summed E-state index contributed by atoms with van der Waals surface area (Å²) < 4.78 is 2.34. The van der Waals surface area contributed by atoms with Crippen LogP contribution < -0.4 is 0 Å². The molecule has 0 radical (unpaired) electrons. The molecule has 0 unspecified atom stereocenters. The van der Waals surface area contributed by atoms with Crippen LogP contribution in [0.2, 0.25) is 0 Å². The van der Waals surface area contributed by atoms with Gasteiger partial charge in [0.1, 0.15) is 0 Å². The second-order valence-corrected chi connectivity index (χ2v) is 5.72. The van der Waals surface area contributed by atoms with Gasteiger partial charge in [-0.25, -0.2) is 0 Å². The summed E-state index contributed by atoms with van der Waals surface area (Å²) >= 11 is 0. The first-order chi connectivity index (χ1) is 12.4. The Bertz CT molecular complexity index is 1110. The van der Waals surface area contributed by atoms with Gasteiger partial charge in [0, 0.05) is 22.4 Å². The van der Waals surface area contributed by atoms with Crippen LogP contribution in [0.25, 0.3) is 38.4 Å². The lowest BCUT2D eigenvalue weighted by Crippen LogP contribution is -1.95. The molecule has 2 nitrogen and oxygen atoms in total. The van der Waals surface area contributed by atoms with Crippen LogP contribution >= 0.6 is 0 Å². The van der Waals surface area contributed by atoms with E-state index in [1.165, 1.54) is 32.9 Å². The van der Waals surface area contributed by atoms with Crippen LogP contribution in [0, 0.1) is 0 Å². The van der Waals surface area contributed by atoms with E-state index >= 15 is 0 Å². The van der Waals surface area contributed by atoms with E-state index in [4.69, 9.17) is 0 Å². The van der Waals surface area contributed by atoms with Gasteiger partial charge in [0.25, 0.3) is 0 Å². The number of hydrogen-bond donors (Lipinski definition) is 0. The molecule has 2 aromatic heterocycles. The molecule has 25 heavy (non-hydrogen) atoms. The molecule has 0 aliphatic rings. The number of nitrogens with zero attached hydrogens (tertiary/aromatic N) is 2. The van der Waals surface area contributed by atoms with Crippen molar-refractivity contribution in [3.63, 3.8) is 0 Å². The van der Waals surface area contributed by atoms with Crippen molar-refractivity contribution < 1.29 is 0 Å². The van der Waals surface area contributed by atoms with Crippen molar-refractivity contribution in [2.45, 2.75) is 13.8 Å². The topological polar surface area (TPSA) is 17.8 Å². The van der Waals surface area contributed by atoms with Crippen LogP contribution in [0.3, 0.4) is 0 Å². The smallest absolute Gasteiger partial charge is 0.0723 e. The summed E-state index contributed by atoms with van der Waals surface area (Å²) in [5, 5.41) is 3.73. The van der Waals surface area contributed by atoms with Crippen molar-refractivity contribution in [1.29, 1.82) is 0 Å². The first-order valence-electron chi connectivity index (χ1n) is 8.76. The summed E-state index contributed by atoms with van der Waals surface area (Å²) in [5.41, 5.74) is 4.65. The molecule has 2 heteroatoms. The zero-order chi connectivity index (χ0) is 17.2. The summed E-state index contributed by atoms with van der Waals surface area (Å²) in [4.78, 5) is 4.50. The van der Waals surface area contributed by atoms with Crippen LogP contribution in [0.5, 0.6) is 0 Å². The zero-order valence-electron chi connectivity index (χ0n) is 14.5. The van der Waals surface area contributed by atoms with Gasteiger partial charge in [0.05, 0.1) is 22.2 Å². The largest absolute Gasteiger partial charge is 0.309 e. The van der Waals surface area contributed by atoms with Crippen molar-refractivity contribution >= 4 is 32.7 Å². The van der Waals surface area contributed by atoms with Crippen molar-refractivity contribution in [2.75, 3.05) is 0 Å². The van der Waals surface area contributed by atoms with Gasteiger partial charge in [0.2, 0.25) is 0 Å². The van der Waals surface area contributed by atoms with Crippen LogP contribution in [-0.4, -0.2) is 9.55 Å². The van der Waals surface area contributed by atoms with Gasteiger partial charge in [-0.05, 0) is 36.4 Å². The number of pyridine rings is 1. The van der Waals surface area contributed by atoms with Gasteiger partial charge in [-0.3, -0.25) is 4.98 Å². The molecule has 0 spiro atoms. The second kappa shape index (κ2) is 6.40. The molecule has 0 N–H and O–H groups in total. The molecule has 2 heterocycles. The number of rotatable bonds is 1. The van der Waals surface area contributed by atoms with Gasteiger partial charge in [-0.15, -0.1) is 0 Å². The number of hydrogen-bond acceptors (Lipinski definition) is 1. The highest BCUT2D eigenvalue weighted by Crippen LogP contribution is 2.33. The average Bonchev–Trinajstić information content (AvgIpc) is 3.04. The van der Waals surface area contributed by atoms with Crippen molar-refractivity contribution in [2.24, 2.45) is 0 Å². The molecule has 0 aliphatic carbocycles. The van der Waals surface area contributed by atoms with E-state index in [1.54, 1.807) is 0 Å². The molecule has 122 valence electrons. The van der Waals surface area contributed by atoms with E-state index in [0.717, 1.165) is 5.52 Å². The summed E-state index contributed by atoms with van der Waals surface area (Å²) in [6.45, 7) is 4.00. The standard InChI is InChI=1S/C21H14N2.C2H6/c1-3-11-19-15(7-1)16-8-2-4-12-20(16)23(19)21-13-5-10-18-17(21)9-6-14-22-18;1-2/h1-14H;1-2H3. The van der Waals surface area contributed by atoms with Crippen LogP contribution in [0.4, 0.5) is 0 Å². The Morgan fingerprint density at radius 2 is 1.20 bits per heavy atom. The highest BCUT2D eigenvalue weighted by molar-refractivity contribution is 6.10. The predicted molar refractivity (Wildman–Crippen MR) is 107 cm³/mol. The van der Waals surface area contributed by atoms with E-state index in [-0.39, 0.29) is 0 Å². The lowest BCUT2D eigenvalue weighted by atomic mass is 10.1. The Morgan fingerprint density at radius 1 is 0.600 bits per heavy atom. The van der Waals surface area contributed by atoms with E-state index in [1.807, 2.05) is 26.1 Å². The van der Waals surface area contributed by atoms with E-state index in [2.05, 4.69) is 82.3 Å². The molecule has 3 aromatic carbocycles. The Labute approximate surface area is 147 Å². The summed E-state index contributed by atoms with van der Waals surface area (Å²) in [6, 6.07) is 27.6. The normalized spacial score (nSPS) is 10.8. The quantitative estimate of drug-likeness (QED) is 0.351. The number of aromatic nitrogens is 2. The maximum atomic E-state index is 4.50. The summed E-state index contributed by atoms with van der Waals surface area (Å²) in [5.74, 6) is 0. The van der Waals surface area contributed by atoms with E-state index < -0.39 is 0 Å². The van der Waals surface area contributed by atoms with Gasteiger partial charge in [-0.1, -0.05) is 56.3 Å². The minimum Gasteiger partial charge on any atom is -0.309 e. The fourth-order valence-electron chi connectivity index (χ4n) is 3.46. The molecular formula is C23H20N2. The third kappa shape index (κ3) is 2.38. The van der Waals surface area contributed by atoms with Gasteiger partial charge in [-0.2, -0.15) is 0 Å². The van der Waals surface area contributed by atoms with E-state index in [0.29, 0.717) is 0 Å². The summed E-state index contributed by atoms with van der Waals surface area (Å²) in [6.07, 6.45) is 1.85. The maximum absolute atomic E-state index is 4.50. The highest BCUT2D eigenvalue weighted by Gasteiger charge is 2.13. The fraction of sp³-hybridized carbons (Fsp3) is 0.0870. The predicted octanol–water partition coefficient (Wildman–Crippen LogP) is 6.36. The zero-order valence-corrected chi connectivity index (χ0v) is 14.5. The Balaban J connectivity index is 0.000000758. The number of para-hydroxylation sites is 2. The number of fused-ring (bicyclic) bond motifs is 4. The van der Waals surface area contributed by atoms with E-state index in [9.17, 15) is 0 Å². The molecule has 0 saturated heterocycles. The third-order valence-electron chi connectivity index (χ3n) is 4.44. The first-order valence-corrected chi connectivity index (χ1v) is 8.76. The summed E-state index contributed by atoms with van der Waals surface area (Å²) in [7, 11) is 0. The molecule has 0 aliphatic heterocycles. The van der Waals surface area contributed by atoms with Crippen LogP contribution in [-0.2, 0) is 0 Å². The molecule has 0 bridgehead atoms. The van der Waals surface area contributed by atoms with Crippen molar-refractivity contribution in [3.8, 4) is 5.69 Å². The molecule has 0 amide bonds. The Hall–Kier alpha value is -3.13. The molecule has 0 fully saturated rings. The Kier molecular flexibility index (Phi) is 3.95. The van der Waals surface area contributed by atoms with Crippen LogP contribution in [0.15, 0.2) is 85.1 Å². The van der Waals surface area contributed by atoms with Gasteiger partial charge in [0.15, 0.2) is 0 Å². The Morgan fingerprint density at radius 3 is 1.88 bits per heavy atom. The molecule has 5 aromatic rings.